The number of hydrogen-bond acceptors (Lipinski definition) is 4. The van der Waals surface area contributed by atoms with Crippen LogP contribution in [0.4, 0.5) is 5.69 Å². The molecule has 0 saturated carbocycles. The molecule has 23 heavy (non-hydrogen) atoms. The molecule has 0 aliphatic heterocycles. The number of unbranched alkanes of at least 4 members (excludes halogenated alkanes) is 3. The van der Waals surface area contributed by atoms with Crippen LogP contribution >= 0.6 is 0 Å². The predicted octanol–water partition coefficient (Wildman–Crippen LogP) is 4.16. The molecular weight excluding hydrogens is 294 g/mol. The van der Waals surface area contributed by atoms with E-state index in [0.717, 1.165) is 25.7 Å². The maximum atomic E-state index is 12.1. The summed E-state index contributed by atoms with van der Waals surface area (Å²) in [5.41, 5.74) is -0.357. The predicted molar refractivity (Wildman–Crippen MR) is 89.4 cm³/mol. The van der Waals surface area contributed by atoms with Gasteiger partial charge in [0.25, 0.3) is 5.69 Å². The molecule has 0 spiro atoms. The minimum atomic E-state index is -0.649. The van der Waals surface area contributed by atoms with Crippen molar-refractivity contribution in [3.8, 4) is 11.8 Å². The molecule has 0 bridgehead atoms. The van der Waals surface area contributed by atoms with Gasteiger partial charge in [-0.05, 0) is 37.8 Å². The summed E-state index contributed by atoms with van der Waals surface area (Å²) in [6.45, 7) is 4.02. The van der Waals surface area contributed by atoms with Crippen LogP contribution in [0.2, 0.25) is 0 Å². The van der Waals surface area contributed by atoms with Gasteiger partial charge in [-0.15, -0.1) is 0 Å². The SMILES string of the molecule is CCCCCCC(C)(C#CC(=O)c1ccc([N+](=O)[O-])cc1)OC. The van der Waals surface area contributed by atoms with Gasteiger partial charge < -0.3 is 4.74 Å². The number of hydrogen-bond donors (Lipinski definition) is 0. The minimum absolute atomic E-state index is 0.0489. The second kappa shape index (κ2) is 9.06. The highest BCUT2D eigenvalue weighted by atomic mass is 16.6. The molecule has 0 amide bonds. The third kappa shape index (κ3) is 6.21. The number of carbonyl (C=O) groups is 1. The largest absolute Gasteiger partial charge is 0.366 e. The molecule has 0 saturated heterocycles. The Morgan fingerprint density at radius 1 is 1.26 bits per heavy atom. The molecule has 5 nitrogen and oxygen atoms in total. The van der Waals surface area contributed by atoms with E-state index in [1.165, 1.54) is 30.7 Å². The maximum Gasteiger partial charge on any atom is 0.269 e. The molecule has 1 atom stereocenters. The van der Waals surface area contributed by atoms with Crippen LogP contribution in [0.1, 0.15) is 56.3 Å². The van der Waals surface area contributed by atoms with E-state index >= 15 is 0 Å². The monoisotopic (exact) mass is 317 g/mol. The standard InChI is InChI=1S/C18H23NO4/c1-4-5-6-7-13-18(2,23-3)14-12-17(20)15-8-10-16(11-9-15)19(21)22/h8-11H,4-7,13H2,1-3H3. The van der Waals surface area contributed by atoms with E-state index in [1.807, 2.05) is 6.92 Å². The number of nitro benzene ring substituents is 1. The highest BCUT2D eigenvalue weighted by molar-refractivity contribution is 6.09. The van der Waals surface area contributed by atoms with Gasteiger partial charge in [-0.3, -0.25) is 14.9 Å². The molecule has 0 aliphatic carbocycles. The van der Waals surface area contributed by atoms with Crippen molar-refractivity contribution in [1.29, 1.82) is 0 Å². The highest BCUT2D eigenvalue weighted by Crippen LogP contribution is 2.18. The quantitative estimate of drug-likeness (QED) is 0.180. The first-order valence-corrected chi connectivity index (χ1v) is 7.79. The average molecular weight is 317 g/mol. The number of benzene rings is 1. The van der Waals surface area contributed by atoms with Crippen molar-refractivity contribution in [2.24, 2.45) is 0 Å². The van der Waals surface area contributed by atoms with Crippen LogP contribution in [0.25, 0.3) is 0 Å². The Bertz CT molecular complexity index is 598. The molecule has 124 valence electrons. The van der Waals surface area contributed by atoms with Crippen molar-refractivity contribution in [2.75, 3.05) is 7.11 Å². The lowest BCUT2D eigenvalue weighted by Gasteiger charge is -2.21. The van der Waals surface area contributed by atoms with Crippen LogP contribution in [-0.2, 0) is 4.74 Å². The number of Topliss-reactive ketones (excluding diaryl/α,β-unsaturated/α-hetero) is 1. The van der Waals surface area contributed by atoms with Gasteiger partial charge in [0.2, 0.25) is 5.78 Å². The first-order valence-electron chi connectivity index (χ1n) is 7.79. The van der Waals surface area contributed by atoms with E-state index in [2.05, 4.69) is 18.8 Å². The van der Waals surface area contributed by atoms with Crippen LogP contribution < -0.4 is 0 Å². The molecule has 0 aliphatic rings. The third-order valence-electron chi connectivity index (χ3n) is 3.74. The Kier molecular flexibility index (Phi) is 7.43. The second-order valence-electron chi connectivity index (χ2n) is 5.63. The highest BCUT2D eigenvalue weighted by Gasteiger charge is 2.20. The lowest BCUT2D eigenvalue weighted by atomic mass is 9.97. The van der Waals surface area contributed by atoms with Crippen LogP contribution in [0.15, 0.2) is 24.3 Å². The third-order valence-corrected chi connectivity index (χ3v) is 3.74. The summed E-state index contributed by atoms with van der Waals surface area (Å²) in [4.78, 5) is 22.2. The number of carbonyl (C=O) groups excluding carboxylic acids is 1. The minimum Gasteiger partial charge on any atom is -0.366 e. The molecular formula is C18H23NO4. The van der Waals surface area contributed by atoms with Gasteiger partial charge >= 0.3 is 0 Å². The summed E-state index contributed by atoms with van der Waals surface area (Å²) in [7, 11) is 1.59. The molecule has 0 fully saturated rings. The average Bonchev–Trinajstić information content (AvgIpc) is 2.56. The van der Waals surface area contributed by atoms with Crippen molar-refractivity contribution < 1.29 is 14.5 Å². The summed E-state index contributed by atoms with van der Waals surface area (Å²) >= 11 is 0. The van der Waals surface area contributed by atoms with Gasteiger partial charge in [-0.25, -0.2) is 0 Å². The van der Waals surface area contributed by atoms with Gasteiger partial charge in [0, 0.05) is 24.8 Å². The van der Waals surface area contributed by atoms with Gasteiger partial charge in [0.1, 0.15) is 5.60 Å². The Labute approximate surface area is 137 Å². The summed E-state index contributed by atoms with van der Waals surface area (Å²) in [5, 5.41) is 10.6. The van der Waals surface area contributed by atoms with Gasteiger partial charge in [0.05, 0.1) is 4.92 Å². The molecule has 0 N–H and O–H groups in total. The number of methoxy groups -OCH3 is 1. The summed E-state index contributed by atoms with van der Waals surface area (Å²) < 4.78 is 5.44. The van der Waals surface area contributed by atoms with Crippen molar-refractivity contribution in [1.82, 2.24) is 0 Å². The normalized spacial score (nSPS) is 12.8. The number of nitrogens with zero attached hydrogens (tertiary/aromatic N) is 1. The summed E-state index contributed by atoms with van der Waals surface area (Å²) in [6.07, 6.45) is 5.22. The zero-order valence-electron chi connectivity index (χ0n) is 13.9. The van der Waals surface area contributed by atoms with Gasteiger partial charge in [0.15, 0.2) is 0 Å². The summed E-state index contributed by atoms with van der Waals surface area (Å²) in [6, 6.07) is 5.44. The lowest BCUT2D eigenvalue weighted by molar-refractivity contribution is -0.384. The molecule has 5 heteroatoms. The van der Waals surface area contributed by atoms with Crippen LogP contribution in [0.5, 0.6) is 0 Å². The molecule has 0 heterocycles. The van der Waals surface area contributed by atoms with E-state index in [-0.39, 0.29) is 11.5 Å². The van der Waals surface area contributed by atoms with Crippen molar-refractivity contribution in [3.63, 3.8) is 0 Å². The Morgan fingerprint density at radius 2 is 1.91 bits per heavy atom. The topological polar surface area (TPSA) is 69.4 Å². The number of ether oxygens (including phenoxy) is 1. The van der Waals surface area contributed by atoms with Crippen molar-refractivity contribution in [3.05, 3.63) is 39.9 Å². The second-order valence-corrected chi connectivity index (χ2v) is 5.63. The fourth-order valence-corrected chi connectivity index (χ4v) is 2.10. The molecule has 1 rings (SSSR count). The van der Waals surface area contributed by atoms with E-state index in [4.69, 9.17) is 4.74 Å². The summed E-state index contributed by atoms with van der Waals surface area (Å²) in [5.74, 6) is 5.13. The van der Waals surface area contributed by atoms with Crippen molar-refractivity contribution in [2.45, 2.75) is 51.6 Å². The van der Waals surface area contributed by atoms with Crippen LogP contribution in [-0.4, -0.2) is 23.4 Å². The van der Waals surface area contributed by atoms with E-state index in [1.54, 1.807) is 7.11 Å². The Morgan fingerprint density at radius 3 is 2.43 bits per heavy atom. The zero-order chi connectivity index (χ0) is 17.3. The zero-order valence-corrected chi connectivity index (χ0v) is 13.9. The number of ketones is 1. The first-order chi connectivity index (χ1) is 10.9. The van der Waals surface area contributed by atoms with Gasteiger partial charge in [-0.2, -0.15) is 0 Å². The fraction of sp³-hybridized carbons (Fsp3) is 0.500. The number of non-ortho nitro benzene ring substituents is 1. The Balaban J connectivity index is 2.74. The first kappa shape index (κ1) is 18.9. The molecule has 1 aromatic rings. The Hall–Kier alpha value is -2.19. The molecule has 1 aromatic carbocycles. The lowest BCUT2D eigenvalue weighted by Crippen LogP contribution is -2.25. The van der Waals surface area contributed by atoms with E-state index < -0.39 is 10.5 Å². The molecule has 0 aromatic heterocycles. The fourth-order valence-electron chi connectivity index (χ4n) is 2.10. The number of rotatable bonds is 8. The molecule has 1 unspecified atom stereocenters. The maximum absolute atomic E-state index is 12.1. The van der Waals surface area contributed by atoms with E-state index in [0.29, 0.717) is 5.56 Å². The van der Waals surface area contributed by atoms with Crippen molar-refractivity contribution >= 4 is 11.5 Å². The molecule has 0 radical (unpaired) electrons. The van der Waals surface area contributed by atoms with Gasteiger partial charge in [-0.1, -0.05) is 32.1 Å². The van der Waals surface area contributed by atoms with E-state index in [9.17, 15) is 14.9 Å². The number of nitro groups is 1. The van der Waals surface area contributed by atoms with Crippen LogP contribution in [0.3, 0.4) is 0 Å². The smallest absolute Gasteiger partial charge is 0.269 e. The van der Waals surface area contributed by atoms with Crippen LogP contribution in [0, 0.1) is 22.0 Å².